The lowest BCUT2D eigenvalue weighted by atomic mass is 10.1. The smallest absolute Gasteiger partial charge is 0.261 e. The molecule has 0 N–H and O–H groups in total. The summed E-state index contributed by atoms with van der Waals surface area (Å²) in [6.07, 6.45) is 3.62. The maximum Gasteiger partial charge on any atom is 0.261 e. The zero-order chi connectivity index (χ0) is 26.0. The lowest BCUT2D eigenvalue weighted by Gasteiger charge is -2.18. The first-order valence-corrected chi connectivity index (χ1v) is 12.0. The van der Waals surface area contributed by atoms with Gasteiger partial charge in [0, 0.05) is 30.1 Å². The second-order valence-corrected chi connectivity index (χ2v) is 9.33. The van der Waals surface area contributed by atoms with Gasteiger partial charge in [0.15, 0.2) is 0 Å². The van der Waals surface area contributed by atoms with Crippen LogP contribution in [0.1, 0.15) is 53.5 Å². The molecule has 4 aromatic rings. The van der Waals surface area contributed by atoms with Crippen LogP contribution in [0.3, 0.4) is 0 Å². The number of hydrogen-bond donors (Lipinski definition) is 0. The highest BCUT2D eigenvalue weighted by Crippen LogP contribution is 2.26. The molecule has 7 heteroatoms. The Morgan fingerprint density at radius 1 is 0.972 bits per heavy atom. The Bertz CT molecular complexity index is 1470. The van der Waals surface area contributed by atoms with Gasteiger partial charge in [0.05, 0.1) is 29.7 Å². The number of ether oxygens (including phenoxy) is 2. The van der Waals surface area contributed by atoms with Gasteiger partial charge < -0.3 is 9.47 Å². The van der Waals surface area contributed by atoms with Crippen LogP contribution >= 0.6 is 0 Å². The molecule has 0 amide bonds. The highest BCUT2D eigenvalue weighted by atomic mass is 16.5. The largest absolute Gasteiger partial charge is 0.497 e. The van der Waals surface area contributed by atoms with E-state index >= 15 is 0 Å². The van der Waals surface area contributed by atoms with Crippen LogP contribution in [0.4, 0.5) is 0 Å². The average molecular weight is 485 g/mol. The summed E-state index contributed by atoms with van der Waals surface area (Å²) in [5, 5.41) is 0. The van der Waals surface area contributed by atoms with Crippen LogP contribution in [-0.2, 0) is 6.61 Å². The number of pyridine rings is 2. The molecule has 0 saturated heterocycles. The summed E-state index contributed by atoms with van der Waals surface area (Å²) in [4.78, 5) is 27.4. The molecule has 0 bridgehead atoms. The van der Waals surface area contributed by atoms with Crippen molar-refractivity contribution < 1.29 is 9.47 Å². The number of benzene rings is 1. The molecule has 4 rings (SSSR count). The molecule has 7 nitrogen and oxygen atoms in total. The number of methoxy groups -OCH3 is 1. The Balaban J connectivity index is 1.73. The highest BCUT2D eigenvalue weighted by Gasteiger charge is 2.17. The summed E-state index contributed by atoms with van der Waals surface area (Å²) < 4.78 is 13.1. The highest BCUT2D eigenvalue weighted by molar-refractivity contribution is 5.62. The quantitative estimate of drug-likeness (QED) is 0.338. The minimum atomic E-state index is -0.127. The second-order valence-electron chi connectivity index (χ2n) is 9.33. The van der Waals surface area contributed by atoms with Gasteiger partial charge >= 0.3 is 0 Å². The zero-order valence-electron chi connectivity index (χ0n) is 21.9. The van der Waals surface area contributed by atoms with Crippen LogP contribution in [0.2, 0.25) is 0 Å². The lowest BCUT2D eigenvalue weighted by molar-refractivity contribution is 0.301. The first-order valence-electron chi connectivity index (χ1n) is 12.0. The first kappa shape index (κ1) is 25.1. The molecule has 0 fully saturated rings. The van der Waals surface area contributed by atoms with Gasteiger partial charge in [-0.15, -0.1) is 0 Å². The van der Waals surface area contributed by atoms with Crippen molar-refractivity contribution >= 4 is 0 Å². The molecule has 0 atom stereocenters. The summed E-state index contributed by atoms with van der Waals surface area (Å²) >= 11 is 0. The van der Waals surface area contributed by atoms with Crippen molar-refractivity contribution in [3.63, 3.8) is 0 Å². The third-order valence-corrected chi connectivity index (χ3v) is 6.18. The van der Waals surface area contributed by atoms with Crippen LogP contribution in [0.5, 0.6) is 11.5 Å². The van der Waals surface area contributed by atoms with E-state index in [9.17, 15) is 4.79 Å². The fourth-order valence-corrected chi connectivity index (χ4v) is 4.05. The molecule has 3 heterocycles. The van der Waals surface area contributed by atoms with Gasteiger partial charge in [-0.3, -0.25) is 14.3 Å². The van der Waals surface area contributed by atoms with Gasteiger partial charge in [-0.25, -0.2) is 9.97 Å². The SMILES string of the molecule is COc1cccc(COc2cc(C)n(-c3cc(-c4nc(C(C)C)ncc4C)ncc3C)c(=O)c2C)c1. The van der Waals surface area contributed by atoms with E-state index in [0.29, 0.717) is 23.6 Å². The van der Waals surface area contributed by atoms with Gasteiger partial charge in [-0.05, 0) is 62.6 Å². The summed E-state index contributed by atoms with van der Waals surface area (Å²) in [5.41, 5.74) is 6.23. The molecule has 1 aromatic carbocycles. The van der Waals surface area contributed by atoms with Crippen LogP contribution in [0.15, 0.2) is 53.6 Å². The molecule has 186 valence electrons. The van der Waals surface area contributed by atoms with E-state index in [1.165, 1.54) is 0 Å². The molecule has 0 aliphatic heterocycles. The molecule has 0 aliphatic carbocycles. The average Bonchev–Trinajstić information content (AvgIpc) is 2.87. The van der Waals surface area contributed by atoms with E-state index in [4.69, 9.17) is 14.5 Å². The van der Waals surface area contributed by atoms with Gasteiger partial charge in [0.25, 0.3) is 5.56 Å². The predicted octanol–water partition coefficient (Wildman–Crippen LogP) is 5.63. The number of rotatable bonds is 7. The van der Waals surface area contributed by atoms with Gasteiger partial charge in [0.1, 0.15) is 23.9 Å². The normalized spacial score (nSPS) is 11.1. The van der Waals surface area contributed by atoms with Gasteiger partial charge in [-0.2, -0.15) is 0 Å². The maximum absolute atomic E-state index is 13.5. The first-order chi connectivity index (χ1) is 17.2. The van der Waals surface area contributed by atoms with Crippen LogP contribution in [0, 0.1) is 27.7 Å². The topological polar surface area (TPSA) is 79.1 Å². The summed E-state index contributed by atoms with van der Waals surface area (Å²) in [5.74, 6) is 2.30. The molecular formula is C29H32N4O3. The van der Waals surface area contributed by atoms with Crippen molar-refractivity contribution in [3.05, 3.63) is 92.9 Å². The van der Waals surface area contributed by atoms with Crippen molar-refractivity contribution in [2.45, 2.75) is 54.1 Å². The summed E-state index contributed by atoms with van der Waals surface area (Å²) in [6.45, 7) is 12.1. The Kier molecular flexibility index (Phi) is 7.20. The number of hydrogen-bond acceptors (Lipinski definition) is 6. The standard InChI is InChI=1S/C29H32N4O3/c1-17(2)28-31-15-19(4)27(32-28)24-13-25(18(3)14-30-24)33-20(5)11-26(21(6)29(33)34)36-16-22-9-8-10-23(12-22)35-7/h8-15,17H,16H2,1-7H3. The predicted molar refractivity (Wildman–Crippen MR) is 141 cm³/mol. The minimum Gasteiger partial charge on any atom is -0.497 e. The Hall–Kier alpha value is -4.00. The van der Waals surface area contributed by atoms with E-state index < -0.39 is 0 Å². The van der Waals surface area contributed by atoms with Gasteiger partial charge in [0.2, 0.25) is 0 Å². The Morgan fingerprint density at radius 2 is 1.72 bits per heavy atom. The van der Waals surface area contributed by atoms with Crippen molar-refractivity contribution in [2.75, 3.05) is 7.11 Å². The van der Waals surface area contributed by atoms with E-state index in [0.717, 1.165) is 45.3 Å². The van der Waals surface area contributed by atoms with Crippen LogP contribution in [-0.4, -0.2) is 26.6 Å². The molecule has 3 aromatic heterocycles. The minimum absolute atomic E-state index is 0.127. The van der Waals surface area contributed by atoms with Crippen molar-refractivity contribution in [2.24, 2.45) is 0 Å². The van der Waals surface area contributed by atoms with Crippen molar-refractivity contribution in [1.82, 2.24) is 19.5 Å². The van der Waals surface area contributed by atoms with E-state index in [1.54, 1.807) is 24.8 Å². The molecule has 0 unspecified atom stereocenters. The summed E-state index contributed by atoms with van der Waals surface area (Å²) in [6, 6.07) is 11.5. The molecule has 0 spiro atoms. The molecular weight excluding hydrogens is 452 g/mol. The molecule has 0 radical (unpaired) electrons. The maximum atomic E-state index is 13.5. The van der Waals surface area contributed by atoms with Gasteiger partial charge in [-0.1, -0.05) is 26.0 Å². The van der Waals surface area contributed by atoms with E-state index in [-0.39, 0.29) is 11.5 Å². The Labute approximate surface area is 211 Å². The second kappa shape index (κ2) is 10.3. The van der Waals surface area contributed by atoms with E-state index in [1.807, 2.05) is 63.4 Å². The summed E-state index contributed by atoms with van der Waals surface area (Å²) in [7, 11) is 1.63. The number of aromatic nitrogens is 4. The monoisotopic (exact) mass is 484 g/mol. The lowest BCUT2D eigenvalue weighted by Crippen LogP contribution is -2.24. The fourth-order valence-electron chi connectivity index (χ4n) is 4.05. The van der Waals surface area contributed by atoms with Crippen LogP contribution < -0.4 is 15.0 Å². The van der Waals surface area contributed by atoms with Crippen LogP contribution in [0.25, 0.3) is 17.1 Å². The Morgan fingerprint density at radius 3 is 2.44 bits per heavy atom. The van der Waals surface area contributed by atoms with E-state index in [2.05, 4.69) is 23.8 Å². The third kappa shape index (κ3) is 5.00. The third-order valence-electron chi connectivity index (χ3n) is 6.18. The molecule has 0 saturated carbocycles. The number of nitrogens with zero attached hydrogens (tertiary/aromatic N) is 4. The van der Waals surface area contributed by atoms with Crippen molar-refractivity contribution in [1.29, 1.82) is 0 Å². The fraction of sp³-hybridized carbons (Fsp3) is 0.310. The molecule has 36 heavy (non-hydrogen) atoms. The zero-order valence-corrected chi connectivity index (χ0v) is 21.9. The molecule has 0 aliphatic rings. The van der Waals surface area contributed by atoms with Crippen molar-refractivity contribution in [3.8, 4) is 28.6 Å². The number of aryl methyl sites for hydroxylation is 3.